The summed E-state index contributed by atoms with van der Waals surface area (Å²) in [6, 6.07) is 7.53. The van der Waals surface area contributed by atoms with Crippen molar-refractivity contribution in [3.05, 3.63) is 76.7 Å². The Morgan fingerprint density at radius 1 is 1.07 bits per heavy atom. The van der Waals surface area contributed by atoms with Crippen LogP contribution in [-0.2, 0) is 28.6 Å². The van der Waals surface area contributed by atoms with Crippen molar-refractivity contribution >= 4 is 21.6 Å². The van der Waals surface area contributed by atoms with Crippen LogP contribution in [0.25, 0.3) is 0 Å². The van der Waals surface area contributed by atoms with Gasteiger partial charge >= 0.3 is 0 Å². The minimum atomic E-state index is -3.49. The van der Waals surface area contributed by atoms with Crippen molar-refractivity contribution in [3.63, 3.8) is 0 Å². The van der Waals surface area contributed by atoms with E-state index in [-0.39, 0.29) is 17.4 Å². The topological polar surface area (TPSA) is 94.1 Å². The summed E-state index contributed by atoms with van der Waals surface area (Å²) in [6.45, 7) is 0. The second-order valence-electron chi connectivity index (χ2n) is 6.15. The molecule has 0 aliphatic heterocycles. The third-order valence-corrected chi connectivity index (χ3v) is 5.52. The molecule has 29 heavy (non-hydrogen) atoms. The Morgan fingerprint density at radius 3 is 2.52 bits per heavy atom. The van der Waals surface area contributed by atoms with Gasteiger partial charge < -0.3 is 4.74 Å². The molecule has 0 saturated heterocycles. The lowest BCUT2D eigenvalue weighted by Gasteiger charge is -2.09. The van der Waals surface area contributed by atoms with Gasteiger partial charge in [-0.2, -0.15) is 0 Å². The number of pyridine rings is 1. The molecule has 1 aromatic carbocycles. The molecule has 10 heteroatoms. The maximum atomic E-state index is 14.3. The van der Waals surface area contributed by atoms with Gasteiger partial charge in [-0.1, -0.05) is 17.7 Å². The molecule has 0 radical (unpaired) electrons. The number of hydrogen-bond donors (Lipinski definition) is 1. The van der Waals surface area contributed by atoms with Crippen LogP contribution in [0.4, 0.5) is 4.39 Å². The van der Waals surface area contributed by atoms with Crippen molar-refractivity contribution in [1.82, 2.24) is 19.7 Å². The second kappa shape index (κ2) is 9.25. The number of aryl methyl sites for hydroxylation is 2. The molecule has 0 bridgehead atoms. The molecule has 7 nitrogen and oxygen atoms in total. The molecular weight excluding hydrogens is 419 g/mol. The summed E-state index contributed by atoms with van der Waals surface area (Å²) in [5, 5.41) is 0.477. The zero-order valence-corrected chi connectivity index (χ0v) is 17.0. The van der Waals surface area contributed by atoms with Gasteiger partial charge in [0, 0.05) is 31.1 Å². The molecule has 0 fully saturated rings. The van der Waals surface area contributed by atoms with Crippen LogP contribution in [0.1, 0.15) is 17.0 Å². The van der Waals surface area contributed by atoms with Crippen LogP contribution in [0.15, 0.2) is 48.9 Å². The summed E-state index contributed by atoms with van der Waals surface area (Å²) < 4.78 is 45.2. The Kier molecular flexibility index (Phi) is 6.73. The molecule has 2 heterocycles. The number of halogens is 2. The molecule has 152 valence electrons. The smallest absolute Gasteiger partial charge is 0.219 e. The molecule has 0 saturated carbocycles. The van der Waals surface area contributed by atoms with E-state index in [0.29, 0.717) is 29.3 Å². The average molecular weight is 437 g/mol. The zero-order chi connectivity index (χ0) is 20.9. The summed E-state index contributed by atoms with van der Waals surface area (Å²) in [5.41, 5.74) is 1.24. The number of aromatic nitrogens is 3. The van der Waals surface area contributed by atoms with Crippen LogP contribution in [0.3, 0.4) is 0 Å². The minimum Gasteiger partial charge on any atom is -0.436 e. The molecule has 0 aliphatic rings. The fourth-order valence-electron chi connectivity index (χ4n) is 2.51. The number of nitrogens with one attached hydrogen (secondary N) is 1. The lowest BCUT2D eigenvalue weighted by Crippen LogP contribution is -2.20. The van der Waals surface area contributed by atoms with Gasteiger partial charge in [0.2, 0.25) is 15.9 Å². The van der Waals surface area contributed by atoms with E-state index in [1.54, 1.807) is 24.7 Å². The lowest BCUT2D eigenvalue weighted by atomic mass is 10.1. The van der Waals surface area contributed by atoms with E-state index in [1.165, 1.54) is 19.2 Å². The van der Waals surface area contributed by atoms with Crippen molar-refractivity contribution in [3.8, 4) is 11.6 Å². The van der Waals surface area contributed by atoms with Gasteiger partial charge in [-0.05, 0) is 42.8 Å². The van der Waals surface area contributed by atoms with Crippen molar-refractivity contribution in [2.75, 3.05) is 7.05 Å². The van der Waals surface area contributed by atoms with Crippen LogP contribution < -0.4 is 9.46 Å². The van der Waals surface area contributed by atoms with E-state index < -0.39 is 15.8 Å². The van der Waals surface area contributed by atoms with Gasteiger partial charge in [-0.3, -0.25) is 0 Å². The molecule has 2 aromatic heterocycles. The van der Waals surface area contributed by atoms with Gasteiger partial charge in [0.1, 0.15) is 5.82 Å². The Hall–Kier alpha value is -2.62. The first-order chi connectivity index (χ1) is 13.8. The van der Waals surface area contributed by atoms with Crippen LogP contribution >= 0.6 is 11.6 Å². The van der Waals surface area contributed by atoms with E-state index >= 15 is 0 Å². The third-order valence-electron chi connectivity index (χ3n) is 3.99. The molecular formula is C19H18ClFN4O3S. The summed E-state index contributed by atoms with van der Waals surface area (Å²) in [4.78, 5) is 12.4. The van der Waals surface area contributed by atoms with Crippen molar-refractivity contribution in [2.45, 2.75) is 18.6 Å². The number of sulfonamides is 1. The standard InChI is InChI=1S/C19H18ClFN4O3S/c1-22-29(26,27)12-14-2-4-17(16(21)8-14)28-19-9-13(6-7-23-19)3-5-18-24-10-15(20)11-25-18/h2,4,6-11,22H,3,5,12H2,1H3. The maximum absolute atomic E-state index is 14.3. The fourth-order valence-corrected chi connectivity index (χ4v) is 3.37. The highest BCUT2D eigenvalue weighted by Gasteiger charge is 2.13. The number of rotatable bonds is 8. The largest absolute Gasteiger partial charge is 0.436 e. The van der Waals surface area contributed by atoms with Gasteiger partial charge in [-0.15, -0.1) is 0 Å². The number of ether oxygens (including phenoxy) is 1. The summed E-state index contributed by atoms with van der Waals surface area (Å²) >= 11 is 5.77. The lowest BCUT2D eigenvalue weighted by molar-refractivity contribution is 0.426. The van der Waals surface area contributed by atoms with E-state index in [1.807, 2.05) is 6.07 Å². The molecule has 3 aromatic rings. The number of benzene rings is 1. The van der Waals surface area contributed by atoms with E-state index in [2.05, 4.69) is 19.7 Å². The monoisotopic (exact) mass is 436 g/mol. The predicted octanol–water partition coefficient (Wildman–Crippen LogP) is 3.29. The highest BCUT2D eigenvalue weighted by molar-refractivity contribution is 7.88. The van der Waals surface area contributed by atoms with Gasteiger partial charge in [0.05, 0.1) is 10.8 Å². The molecule has 0 unspecified atom stereocenters. The molecule has 0 aliphatic carbocycles. The van der Waals surface area contributed by atoms with E-state index in [0.717, 1.165) is 11.6 Å². The number of nitrogens with zero attached hydrogens (tertiary/aromatic N) is 3. The predicted molar refractivity (Wildman–Crippen MR) is 107 cm³/mol. The molecule has 0 spiro atoms. The zero-order valence-electron chi connectivity index (χ0n) is 15.5. The fraction of sp³-hybridized carbons (Fsp3) is 0.211. The normalized spacial score (nSPS) is 11.4. The highest BCUT2D eigenvalue weighted by Crippen LogP contribution is 2.25. The van der Waals surface area contributed by atoms with Crippen molar-refractivity contribution in [2.24, 2.45) is 0 Å². The minimum absolute atomic E-state index is 0.0405. The Balaban J connectivity index is 1.67. The first-order valence-corrected chi connectivity index (χ1v) is 10.7. The van der Waals surface area contributed by atoms with Crippen LogP contribution in [0.5, 0.6) is 11.6 Å². The first kappa shape index (κ1) is 21.1. The second-order valence-corrected chi connectivity index (χ2v) is 8.51. The summed E-state index contributed by atoms with van der Waals surface area (Å²) in [7, 11) is -2.18. The molecule has 0 atom stereocenters. The third kappa shape index (κ3) is 6.18. The van der Waals surface area contributed by atoms with Crippen LogP contribution in [0, 0.1) is 5.82 Å². The van der Waals surface area contributed by atoms with Gasteiger partial charge in [-0.25, -0.2) is 32.5 Å². The van der Waals surface area contributed by atoms with Crippen LogP contribution in [-0.4, -0.2) is 30.4 Å². The SMILES string of the molecule is CNS(=O)(=O)Cc1ccc(Oc2cc(CCc3ncc(Cl)cn3)ccn2)c(F)c1. The van der Waals surface area contributed by atoms with Crippen LogP contribution in [0.2, 0.25) is 5.02 Å². The number of hydrogen-bond acceptors (Lipinski definition) is 6. The molecule has 1 N–H and O–H groups in total. The van der Waals surface area contributed by atoms with E-state index in [4.69, 9.17) is 16.3 Å². The summed E-state index contributed by atoms with van der Waals surface area (Å²) in [5.74, 6) is -0.140. The van der Waals surface area contributed by atoms with Gasteiger partial charge in [0.15, 0.2) is 11.6 Å². The van der Waals surface area contributed by atoms with E-state index in [9.17, 15) is 12.8 Å². The van der Waals surface area contributed by atoms with Gasteiger partial charge in [0.25, 0.3) is 0 Å². The Labute approximate surface area is 173 Å². The highest BCUT2D eigenvalue weighted by atomic mass is 35.5. The molecule has 3 rings (SSSR count). The van der Waals surface area contributed by atoms with Crippen molar-refractivity contribution in [1.29, 1.82) is 0 Å². The quantitative estimate of drug-likeness (QED) is 0.582. The van der Waals surface area contributed by atoms with Crippen molar-refractivity contribution < 1.29 is 17.5 Å². The average Bonchev–Trinajstić information content (AvgIpc) is 2.70. The maximum Gasteiger partial charge on any atom is 0.219 e. The Bertz CT molecular complexity index is 1090. The summed E-state index contributed by atoms with van der Waals surface area (Å²) in [6.07, 6.45) is 5.89. The molecule has 0 amide bonds. The Morgan fingerprint density at radius 2 is 1.83 bits per heavy atom. The first-order valence-electron chi connectivity index (χ1n) is 8.63.